The number of benzene rings is 2. The molecule has 29 heavy (non-hydrogen) atoms. The van der Waals surface area contributed by atoms with Gasteiger partial charge in [-0.15, -0.1) is 0 Å². The Bertz CT molecular complexity index is 1210. The molecule has 4 rings (SSSR count). The Balaban J connectivity index is 1.70. The van der Waals surface area contributed by atoms with Crippen molar-refractivity contribution < 1.29 is 9.21 Å². The van der Waals surface area contributed by atoms with Crippen molar-refractivity contribution >= 4 is 57.9 Å². The number of nitrogens with one attached hydrogen (secondary N) is 1. The van der Waals surface area contributed by atoms with Gasteiger partial charge in [-0.25, -0.2) is 0 Å². The molecule has 6 heteroatoms. The van der Waals surface area contributed by atoms with E-state index in [1.54, 1.807) is 30.5 Å². The highest BCUT2D eigenvalue weighted by Gasteiger charge is 2.18. The number of furan rings is 1. The lowest BCUT2D eigenvalue weighted by Gasteiger charge is -2.08. The number of nitrogens with zero attached hydrogens (tertiary/aromatic N) is 1. The summed E-state index contributed by atoms with van der Waals surface area (Å²) in [7, 11) is 0. The van der Waals surface area contributed by atoms with E-state index >= 15 is 0 Å². The molecule has 1 amide bonds. The zero-order chi connectivity index (χ0) is 20.4. The van der Waals surface area contributed by atoms with Gasteiger partial charge in [0.15, 0.2) is 5.58 Å². The average Bonchev–Trinajstić information content (AvgIpc) is 3.03. The second kappa shape index (κ2) is 8.11. The van der Waals surface area contributed by atoms with Gasteiger partial charge in [0, 0.05) is 17.1 Å². The van der Waals surface area contributed by atoms with Crippen molar-refractivity contribution in [2.75, 3.05) is 5.32 Å². The second-order valence-corrected chi connectivity index (χ2v) is 7.21. The van der Waals surface area contributed by atoms with Crippen LogP contribution < -0.4 is 5.32 Å². The van der Waals surface area contributed by atoms with Crippen molar-refractivity contribution in [3.8, 4) is 0 Å². The topological polar surface area (TPSA) is 55.1 Å². The second-order valence-electron chi connectivity index (χ2n) is 6.39. The fourth-order valence-electron chi connectivity index (χ4n) is 3.11. The van der Waals surface area contributed by atoms with Gasteiger partial charge in [-0.05, 0) is 49.4 Å². The highest BCUT2D eigenvalue weighted by Crippen LogP contribution is 2.33. The molecule has 1 N–H and O–H groups in total. The molecule has 144 valence electrons. The molecular weight excluding hydrogens is 407 g/mol. The maximum absolute atomic E-state index is 12.8. The van der Waals surface area contributed by atoms with E-state index < -0.39 is 5.91 Å². The van der Waals surface area contributed by atoms with Gasteiger partial charge < -0.3 is 9.73 Å². The van der Waals surface area contributed by atoms with E-state index in [0.717, 1.165) is 22.4 Å². The number of anilines is 1. The lowest BCUT2D eigenvalue weighted by molar-refractivity contribution is 0.102. The third-order valence-corrected chi connectivity index (χ3v) is 5.12. The number of aromatic nitrogens is 1. The van der Waals surface area contributed by atoms with Crippen LogP contribution in [-0.4, -0.2) is 10.9 Å². The molecule has 0 aliphatic rings. The molecule has 0 atom stereocenters. The smallest absolute Gasteiger partial charge is 0.258 e. The molecule has 0 saturated carbocycles. The highest BCUT2D eigenvalue weighted by atomic mass is 35.5. The van der Waals surface area contributed by atoms with Crippen molar-refractivity contribution in [3.05, 3.63) is 93.4 Å². The Hall–Kier alpha value is -3.08. The van der Waals surface area contributed by atoms with E-state index in [1.807, 2.05) is 49.4 Å². The summed E-state index contributed by atoms with van der Waals surface area (Å²) in [5.74, 6) is 0.345. The number of fused-ring (bicyclic) bond motifs is 1. The van der Waals surface area contributed by atoms with Crippen LogP contribution in [0.4, 0.5) is 5.69 Å². The van der Waals surface area contributed by atoms with E-state index in [9.17, 15) is 4.79 Å². The van der Waals surface area contributed by atoms with Crippen LogP contribution >= 0.6 is 23.2 Å². The summed E-state index contributed by atoms with van der Waals surface area (Å²) in [6, 6.07) is 16.3. The summed E-state index contributed by atoms with van der Waals surface area (Å²) >= 11 is 12.3. The first-order chi connectivity index (χ1) is 14.0. The number of para-hydroxylation sites is 1. The summed E-state index contributed by atoms with van der Waals surface area (Å²) < 4.78 is 5.96. The zero-order valence-electron chi connectivity index (χ0n) is 15.4. The van der Waals surface area contributed by atoms with Crippen molar-refractivity contribution in [1.82, 2.24) is 4.98 Å². The maximum Gasteiger partial charge on any atom is 0.258 e. The molecule has 0 aliphatic heterocycles. The number of hydrogen-bond donors (Lipinski definition) is 1. The molecular formula is C23H16Cl2N2O2. The van der Waals surface area contributed by atoms with Crippen LogP contribution in [0.5, 0.6) is 0 Å². The minimum absolute atomic E-state index is 0.228. The minimum Gasteiger partial charge on any atom is -0.459 e. The van der Waals surface area contributed by atoms with Gasteiger partial charge in [0.1, 0.15) is 5.76 Å². The minimum atomic E-state index is -0.396. The number of amides is 1. The van der Waals surface area contributed by atoms with E-state index in [2.05, 4.69) is 10.3 Å². The molecule has 0 saturated heterocycles. The summed E-state index contributed by atoms with van der Waals surface area (Å²) in [5.41, 5.74) is 3.13. The van der Waals surface area contributed by atoms with Crippen molar-refractivity contribution in [2.24, 2.45) is 0 Å². The summed E-state index contributed by atoms with van der Waals surface area (Å²) in [4.78, 5) is 17.1. The first-order valence-electron chi connectivity index (χ1n) is 8.91. The van der Waals surface area contributed by atoms with E-state index in [-0.39, 0.29) is 15.6 Å². The molecule has 4 nitrogen and oxygen atoms in total. The van der Waals surface area contributed by atoms with Crippen molar-refractivity contribution in [2.45, 2.75) is 6.92 Å². The predicted octanol–water partition coefficient (Wildman–Crippen LogP) is 6.87. The van der Waals surface area contributed by atoms with Crippen LogP contribution in [0.3, 0.4) is 0 Å². The van der Waals surface area contributed by atoms with Crippen LogP contribution in [0.1, 0.15) is 27.4 Å². The molecule has 0 radical (unpaired) electrons. The Morgan fingerprint density at radius 2 is 1.76 bits per heavy atom. The van der Waals surface area contributed by atoms with Gasteiger partial charge in [-0.3, -0.25) is 9.78 Å². The normalized spacial score (nSPS) is 11.3. The lowest BCUT2D eigenvalue weighted by Crippen LogP contribution is -2.13. The molecule has 0 spiro atoms. The Labute approximate surface area is 177 Å². The van der Waals surface area contributed by atoms with Crippen LogP contribution in [-0.2, 0) is 0 Å². The van der Waals surface area contributed by atoms with Crippen molar-refractivity contribution in [1.29, 1.82) is 0 Å². The average molecular weight is 423 g/mol. The molecule has 2 aromatic heterocycles. The third-order valence-electron chi connectivity index (χ3n) is 4.49. The van der Waals surface area contributed by atoms with Gasteiger partial charge in [-0.1, -0.05) is 47.5 Å². The molecule has 0 unspecified atom stereocenters. The van der Waals surface area contributed by atoms with E-state index in [1.165, 1.54) is 0 Å². The number of carbonyl (C=O) groups excluding carboxylic acids is 1. The number of pyridine rings is 1. The zero-order valence-corrected chi connectivity index (χ0v) is 17.0. The Morgan fingerprint density at radius 1 is 1.00 bits per heavy atom. The van der Waals surface area contributed by atoms with Gasteiger partial charge in [0.05, 0.1) is 27.0 Å². The quantitative estimate of drug-likeness (QED) is 0.390. The Kier molecular flexibility index (Phi) is 5.38. The van der Waals surface area contributed by atoms with E-state index in [4.69, 9.17) is 27.6 Å². The monoisotopic (exact) mass is 422 g/mol. The first-order valence-corrected chi connectivity index (χ1v) is 9.67. The molecule has 0 bridgehead atoms. The number of halogens is 2. The van der Waals surface area contributed by atoms with Crippen LogP contribution in [0.2, 0.25) is 10.0 Å². The fourth-order valence-corrected chi connectivity index (χ4v) is 3.67. The van der Waals surface area contributed by atoms with Gasteiger partial charge >= 0.3 is 0 Å². The summed E-state index contributed by atoms with van der Waals surface area (Å²) in [5, 5.41) is 4.32. The highest BCUT2D eigenvalue weighted by molar-refractivity contribution is 6.40. The number of hydrogen-bond acceptors (Lipinski definition) is 3. The SMILES string of the molecule is Cc1oc2c(NC(=O)c3c(Cl)cccc3Cl)cccc2c1/C=C/c1ccccn1. The lowest BCUT2D eigenvalue weighted by atomic mass is 10.1. The fraction of sp³-hybridized carbons (Fsp3) is 0.0435. The largest absolute Gasteiger partial charge is 0.459 e. The van der Waals surface area contributed by atoms with Gasteiger partial charge in [0.25, 0.3) is 5.91 Å². The molecule has 0 fully saturated rings. The molecule has 0 aliphatic carbocycles. The van der Waals surface area contributed by atoms with Crippen LogP contribution in [0.25, 0.3) is 23.1 Å². The van der Waals surface area contributed by atoms with E-state index in [0.29, 0.717) is 11.3 Å². The van der Waals surface area contributed by atoms with Gasteiger partial charge in [-0.2, -0.15) is 0 Å². The summed E-state index contributed by atoms with van der Waals surface area (Å²) in [6.45, 7) is 1.88. The van der Waals surface area contributed by atoms with Crippen LogP contribution in [0.15, 0.2) is 65.2 Å². The first kappa shape index (κ1) is 19.2. The molecule has 4 aromatic rings. The van der Waals surface area contributed by atoms with Crippen molar-refractivity contribution in [3.63, 3.8) is 0 Å². The summed E-state index contributed by atoms with van der Waals surface area (Å²) in [6.07, 6.45) is 5.62. The number of aryl methyl sites for hydroxylation is 1. The maximum atomic E-state index is 12.8. The van der Waals surface area contributed by atoms with Gasteiger partial charge in [0.2, 0.25) is 0 Å². The third kappa shape index (κ3) is 3.90. The number of rotatable bonds is 4. The predicted molar refractivity (Wildman–Crippen MR) is 119 cm³/mol. The Morgan fingerprint density at radius 3 is 2.48 bits per heavy atom. The van der Waals surface area contributed by atoms with Crippen LogP contribution in [0, 0.1) is 6.92 Å². The standard InChI is InChI=1S/C23H16Cl2N2O2/c1-14-16(12-11-15-6-2-3-13-26-15)17-7-4-10-20(22(17)29-14)27-23(28)21-18(24)8-5-9-19(21)25/h2-13H,1H3,(H,27,28)/b12-11+. The molecule has 2 aromatic carbocycles. The molecule has 2 heterocycles. The number of carbonyl (C=O) groups is 1.